The van der Waals surface area contributed by atoms with Crippen molar-refractivity contribution in [2.45, 2.75) is 13.8 Å². The maximum absolute atomic E-state index is 9.03. The third-order valence-electron chi connectivity index (χ3n) is 2.28. The molecule has 2 aromatic rings. The van der Waals surface area contributed by atoms with Crippen LogP contribution >= 0.6 is 27.3 Å². The first-order chi connectivity index (χ1) is 7.13. The molecule has 0 saturated carbocycles. The predicted octanol–water partition coefficient (Wildman–Crippen LogP) is 3.79. The summed E-state index contributed by atoms with van der Waals surface area (Å²) in [7, 11) is 0. The number of rotatable bonds is 1. The molecule has 0 saturated heterocycles. The largest absolute Gasteiger partial charge is 0.309 e. The van der Waals surface area contributed by atoms with Crippen molar-refractivity contribution < 1.29 is 0 Å². The van der Waals surface area contributed by atoms with E-state index in [-0.39, 0.29) is 0 Å². The minimum Gasteiger partial charge on any atom is -0.309 e. The van der Waals surface area contributed by atoms with Gasteiger partial charge in [0.05, 0.1) is 9.35 Å². The molecule has 0 fully saturated rings. The molecule has 0 unspecified atom stereocenters. The van der Waals surface area contributed by atoms with Crippen LogP contribution in [0.1, 0.15) is 17.0 Å². The van der Waals surface area contributed by atoms with E-state index in [1.54, 1.807) is 11.3 Å². The average Bonchev–Trinajstić information content (AvgIpc) is 2.70. The van der Waals surface area contributed by atoms with Gasteiger partial charge < -0.3 is 4.57 Å². The standard InChI is InChI=1S/C11H9BrN2S/c1-7-3-4-8(2)14(7)11-9(6-13)5-10(12)15-11/h3-5H,1-2H3. The summed E-state index contributed by atoms with van der Waals surface area (Å²) in [5, 5.41) is 10.0. The highest BCUT2D eigenvalue weighted by atomic mass is 79.9. The van der Waals surface area contributed by atoms with E-state index in [9.17, 15) is 0 Å². The number of hydrogen-bond acceptors (Lipinski definition) is 2. The fourth-order valence-electron chi connectivity index (χ4n) is 1.59. The van der Waals surface area contributed by atoms with Gasteiger partial charge in [-0.15, -0.1) is 11.3 Å². The van der Waals surface area contributed by atoms with Gasteiger partial charge in [-0.3, -0.25) is 0 Å². The Labute approximate surface area is 101 Å². The number of aromatic nitrogens is 1. The van der Waals surface area contributed by atoms with E-state index in [4.69, 9.17) is 5.26 Å². The van der Waals surface area contributed by atoms with Crippen LogP contribution in [0.3, 0.4) is 0 Å². The Hall–Kier alpha value is -1.05. The molecular formula is C11H9BrN2S. The average molecular weight is 281 g/mol. The molecule has 0 aliphatic rings. The number of halogens is 1. The van der Waals surface area contributed by atoms with Gasteiger partial charge in [0.2, 0.25) is 0 Å². The Balaban J connectivity index is 2.69. The van der Waals surface area contributed by atoms with E-state index >= 15 is 0 Å². The molecule has 4 heteroatoms. The van der Waals surface area contributed by atoms with Crippen molar-refractivity contribution in [3.8, 4) is 11.1 Å². The Bertz CT molecular complexity index is 526. The first-order valence-electron chi connectivity index (χ1n) is 4.48. The molecule has 0 aliphatic carbocycles. The van der Waals surface area contributed by atoms with Crippen molar-refractivity contribution in [3.63, 3.8) is 0 Å². The van der Waals surface area contributed by atoms with Crippen molar-refractivity contribution in [3.05, 3.63) is 38.9 Å². The van der Waals surface area contributed by atoms with Gasteiger partial charge >= 0.3 is 0 Å². The predicted molar refractivity (Wildman–Crippen MR) is 65.5 cm³/mol. The number of hydrogen-bond donors (Lipinski definition) is 0. The number of nitriles is 1. The maximum atomic E-state index is 9.03. The lowest BCUT2D eigenvalue weighted by atomic mass is 10.3. The van der Waals surface area contributed by atoms with Gasteiger partial charge in [0.25, 0.3) is 0 Å². The lowest BCUT2D eigenvalue weighted by Gasteiger charge is -2.06. The Morgan fingerprint density at radius 2 is 1.93 bits per heavy atom. The van der Waals surface area contributed by atoms with Crippen LogP contribution in [-0.2, 0) is 0 Å². The van der Waals surface area contributed by atoms with Crippen LogP contribution in [0.2, 0.25) is 0 Å². The van der Waals surface area contributed by atoms with E-state index in [1.807, 2.05) is 19.9 Å². The molecule has 0 N–H and O–H groups in total. The Morgan fingerprint density at radius 3 is 2.47 bits per heavy atom. The van der Waals surface area contributed by atoms with Gasteiger partial charge in [0.1, 0.15) is 11.1 Å². The molecule has 0 aromatic carbocycles. The summed E-state index contributed by atoms with van der Waals surface area (Å²) in [5.41, 5.74) is 3.02. The van der Waals surface area contributed by atoms with Crippen LogP contribution in [0.25, 0.3) is 5.00 Å². The molecule has 15 heavy (non-hydrogen) atoms. The van der Waals surface area contributed by atoms with Crippen molar-refractivity contribution in [2.75, 3.05) is 0 Å². The van der Waals surface area contributed by atoms with Crippen molar-refractivity contribution in [1.29, 1.82) is 5.26 Å². The zero-order valence-electron chi connectivity index (χ0n) is 8.41. The quantitative estimate of drug-likeness (QED) is 0.781. The van der Waals surface area contributed by atoms with Gasteiger partial charge in [-0.25, -0.2) is 0 Å². The zero-order valence-corrected chi connectivity index (χ0v) is 10.8. The summed E-state index contributed by atoms with van der Waals surface area (Å²) in [6, 6.07) is 8.20. The van der Waals surface area contributed by atoms with Crippen molar-refractivity contribution in [1.82, 2.24) is 4.57 Å². The molecule has 0 radical (unpaired) electrons. The van der Waals surface area contributed by atoms with E-state index in [0.29, 0.717) is 5.56 Å². The van der Waals surface area contributed by atoms with Crippen LogP contribution in [0.5, 0.6) is 0 Å². The second kappa shape index (κ2) is 3.84. The van der Waals surface area contributed by atoms with Crippen molar-refractivity contribution in [2.24, 2.45) is 0 Å². The third kappa shape index (κ3) is 1.73. The minimum atomic E-state index is 0.717. The minimum absolute atomic E-state index is 0.717. The SMILES string of the molecule is Cc1ccc(C)n1-c1sc(Br)cc1C#N. The summed E-state index contributed by atoms with van der Waals surface area (Å²) in [5.74, 6) is 0. The molecule has 0 atom stereocenters. The first kappa shape index (κ1) is 10.5. The van der Waals surface area contributed by atoms with Gasteiger partial charge in [-0.2, -0.15) is 5.26 Å². The highest BCUT2D eigenvalue weighted by Crippen LogP contribution is 2.32. The van der Waals surface area contributed by atoms with E-state index in [1.165, 1.54) is 0 Å². The normalized spacial score (nSPS) is 10.3. The van der Waals surface area contributed by atoms with Crippen LogP contribution in [0.4, 0.5) is 0 Å². The zero-order chi connectivity index (χ0) is 11.0. The second-order valence-corrected chi connectivity index (χ2v) is 5.74. The summed E-state index contributed by atoms with van der Waals surface area (Å²) in [4.78, 5) is 0. The molecular weight excluding hydrogens is 272 g/mol. The van der Waals surface area contributed by atoms with Crippen LogP contribution < -0.4 is 0 Å². The monoisotopic (exact) mass is 280 g/mol. The van der Waals surface area contributed by atoms with Crippen LogP contribution in [-0.4, -0.2) is 4.57 Å². The number of thiophene rings is 1. The fraction of sp³-hybridized carbons (Fsp3) is 0.182. The summed E-state index contributed by atoms with van der Waals surface area (Å²) >= 11 is 4.99. The van der Waals surface area contributed by atoms with E-state index in [2.05, 4.69) is 38.7 Å². The summed E-state index contributed by atoms with van der Waals surface area (Å²) < 4.78 is 3.09. The highest BCUT2D eigenvalue weighted by molar-refractivity contribution is 9.11. The third-order valence-corrected chi connectivity index (χ3v) is 3.90. The number of nitrogens with zero attached hydrogens (tertiary/aromatic N) is 2. The van der Waals surface area contributed by atoms with E-state index < -0.39 is 0 Å². The smallest absolute Gasteiger partial charge is 0.119 e. The molecule has 0 spiro atoms. The molecule has 0 aliphatic heterocycles. The molecule has 76 valence electrons. The highest BCUT2D eigenvalue weighted by Gasteiger charge is 2.12. The molecule has 2 heterocycles. The number of aryl methyl sites for hydroxylation is 2. The lowest BCUT2D eigenvalue weighted by Crippen LogP contribution is -1.97. The first-order valence-corrected chi connectivity index (χ1v) is 6.09. The summed E-state index contributed by atoms with van der Waals surface area (Å²) in [6.07, 6.45) is 0. The van der Waals surface area contributed by atoms with Gasteiger partial charge in [0.15, 0.2) is 0 Å². The molecule has 0 bridgehead atoms. The maximum Gasteiger partial charge on any atom is 0.119 e. The molecule has 2 rings (SSSR count). The van der Waals surface area contributed by atoms with Gasteiger partial charge in [0, 0.05) is 11.4 Å². The molecule has 0 amide bonds. The van der Waals surface area contributed by atoms with Crippen LogP contribution in [0, 0.1) is 25.2 Å². The fourth-order valence-corrected chi connectivity index (χ4v) is 3.23. The Morgan fingerprint density at radius 1 is 1.33 bits per heavy atom. The molecule has 2 aromatic heterocycles. The van der Waals surface area contributed by atoms with Gasteiger partial charge in [-0.05, 0) is 48.0 Å². The topological polar surface area (TPSA) is 28.7 Å². The van der Waals surface area contributed by atoms with Crippen molar-refractivity contribution >= 4 is 27.3 Å². The Kier molecular flexibility index (Phi) is 2.68. The van der Waals surface area contributed by atoms with Crippen LogP contribution in [0.15, 0.2) is 22.0 Å². The van der Waals surface area contributed by atoms with E-state index in [0.717, 1.165) is 20.2 Å². The summed E-state index contributed by atoms with van der Waals surface area (Å²) in [6.45, 7) is 4.09. The van der Waals surface area contributed by atoms with Gasteiger partial charge in [-0.1, -0.05) is 0 Å². The molecule has 2 nitrogen and oxygen atoms in total. The second-order valence-electron chi connectivity index (χ2n) is 3.33. The lowest BCUT2D eigenvalue weighted by molar-refractivity contribution is 0.983.